The lowest BCUT2D eigenvalue weighted by Gasteiger charge is -2.36. The lowest BCUT2D eigenvalue weighted by atomic mass is 9.79. The second-order valence-electron chi connectivity index (χ2n) is 11.3. The van der Waals surface area contributed by atoms with Crippen molar-refractivity contribution in [1.82, 2.24) is 10.2 Å². The molecule has 8 heteroatoms. The Morgan fingerprint density at radius 2 is 1.75 bits per heavy atom. The van der Waals surface area contributed by atoms with Crippen molar-refractivity contribution in [2.24, 2.45) is 40.6 Å². The summed E-state index contributed by atoms with van der Waals surface area (Å²) in [5, 5.41) is 13.3. The van der Waals surface area contributed by atoms with Crippen LogP contribution in [0, 0.1) is 29.1 Å². The Morgan fingerprint density at radius 1 is 1.09 bits per heavy atom. The van der Waals surface area contributed by atoms with E-state index in [1.165, 1.54) is 6.42 Å². The van der Waals surface area contributed by atoms with E-state index in [1.54, 1.807) is 4.90 Å². The van der Waals surface area contributed by atoms with Crippen LogP contribution in [0.1, 0.15) is 71.6 Å². The number of nitrogens with two attached hydrogens (primary N) is 2. The smallest absolute Gasteiger partial charge is 0.248 e. The highest BCUT2D eigenvalue weighted by Crippen LogP contribution is 2.65. The van der Waals surface area contributed by atoms with Gasteiger partial charge in [0.15, 0.2) is 6.10 Å². The van der Waals surface area contributed by atoms with E-state index < -0.39 is 30.1 Å². The molecule has 3 amide bonds. The molecule has 0 aromatic carbocycles. The maximum atomic E-state index is 13.5. The third-order valence-electron chi connectivity index (χ3n) is 9.02. The topological polar surface area (TPSA) is 139 Å². The minimum absolute atomic E-state index is 0.0144. The van der Waals surface area contributed by atoms with Gasteiger partial charge in [0.05, 0.1) is 12.1 Å². The van der Waals surface area contributed by atoms with Crippen LogP contribution in [0.15, 0.2) is 0 Å². The molecular weight excluding hydrogens is 408 g/mol. The number of aliphatic hydroxyl groups excluding tert-OH is 1. The Morgan fingerprint density at radius 3 is 2.31 bits per heavy atom. The molecule has 32 heavy (non-hydrogen) atoms. The largest absolute Gasteiger partial charge is 0.381 e. The Bertz CT molecular complexity index is 746. The Hall–Kier alpha value is -1.67. The van der Waals surface area contributed by atoms with Gasteiger partial charge in [0.2, 0.25) is 17.7 Å². The highest BCUT2D eigenvalue weighted by molar-refractivity contribution is 5.92. The summed E-state index contributed by atoms with van der Waals surface area (Å²) in [6.45, 7) is 4.81. The van der Waals surface area contributed by atoms with Gasteiger partial charge in [-0.1, -0.05) is 52.4 Å². The van der Waals surface area contributed by atoms with E-state index in [0.717, 1.165) is 44.9 Å². The highest BCUT2D eigenvalue weighted by atomic mass is 16.3. The van der Waals surface area contributed by atoms with Crippen LogP contribution in [0.2, 0.25) is 0 Å². The molecule has 0 spiro atoms. The molecule has 3 aliphatic carbocycles. The average molecular weight is 449 g/mol. The number of fused-ring (bicyclic) bond motifs is 1. The van der Waals surface area contributed by atoms with Crippen LogP contribution in [0.5, 0.6) is 0 Å². The molecule has 4 fully saturated rings. The second-order valence-corrected chi connectivity index (χ2v) is 11.3. The SMILES string of the molecule is CC1(C)C2[C@@H](C(=O)NC(CC3CCC3)C(O)C(N)=O)N(C(=O)[C@@H](N)C3CCCCC3)C[C@@H]21. The van der Waals surface area contributed by atoms with E-state index in [4.69, 9.17) is 11.5 Å². The monoisotopic (exact) mass is 448 g/mol. The minimum Gasteiger partial charge on any atom is -0.381 e. The molecule has 0 aromatic heterocycles. The fourth-order valence-corrected chi connectivity index (χ4v) is 6.52. The molecule has 1 saturated heterocycles. The van der Waals surface area contributed by atoms with Gasteiger partial charge in [0.1, 0.15) is 6.04 Å². The first-order valence-corrected chi connectivity index (χ1v) is 12.5. The van der Waals surface area contributed by atoms with Gasteiger partial charge < -0.3 is 26.8 Å². The molecule has 1 aliphatic heterocycles. The molecule has 1 heterocycles. The van der Waals surface area contributed by atoms with Gasteiger partial charge in [0, 0.05) is 6.54 Å². The Labute approximate surface area is 190 Å². The van der Waals surface area contributed by atoms with E-state index in [9.17, 15) is 19.5 Å². The molecule has 180 valence electrons. The summed E-state index contributed by atoms with van der Waals surface area (Å²) in [4.78, 5) is 40.3. The fourth-order valence-electron chi connectivity index (χ4n) is 6.52. The van der Waals surface area contributed by atoms with Gasteiger partial charge in [0.25, 0.3) is 0 Å². The Kier molecular flexibility index (Phi) is 6.56. The molecule has 3 saturated carbocycles. The molecule has 0 radical (unpaired) electrons. The molecule has 4 aliphatic rings. The maximum Gasteiger partial charge on any atom is 0.248 e. The number of primary amides is 1. The number of nitrogens with one attached hydrogen (secondary N) is 1. The zero-order valence-electron chi connectivity index (χ0n) is 19.5. The number of amides is 3. The number of carbonyl (C=O) groups excluding carboxylic acids is 3. The van der Waals surface area contributed by atoms with Crippen molar-refractivity contribution in [3.63, 3.8) is 0 Å². The summed E-state index contributed by atoms with van der Waals surface area (Å²) in [7, 11) is 0. The van der Waals surface area contributed by atoms with Gasteiger partial charge >= 0.3 is 0 Å². The van der Waals surface area contributed by atoms with E-state index in [-0.39, 0.29) is 35.0 Å². The average Bonchev–Trinajstić information content (AvgIpc) is 3.08. The second kappa shape index (κ2) is 8.93. The lowest BCUT2D eigenvalue weighted by molar-refractivity contribution is -0.143. The van der Waals surface area contributed by atoms with Crippen molar-refractivity contribution in [2.45, 2.75) is 95.9 Å². The zero-order valence-corrected chi connectivity index (χ0v) is 19.5. The van der Waals surface area contributed by atoms with E-state index in [1.807, 2.05) is 0 Å². The minimum atomic E-state index is -1.43. The number of hydrogen-bond donors (Lipinski definition) is 4. The summed E-state index contributed by atoms with van der Waals surface area (Å²) in [6.07, 6.45) is 7.58. The summed E-state index contributed by atoms with van der Waals surface area (Å²) < 4.78 is 0. The summed E-state index contributed by atoms with van der Waals surface area (Å²) in [5.74, 6) is -0.374. The van der Waals surface area contributed by atoms with Crippen LogP contribution >= 0.6 is 0 Å². The molecular formula is C24H40N4O4. The maximum absolute atomic E-state index is 13.5. The lowest BCUT2D eigenvalue weighted by Crippen LogP contribution is -2.59. The summed E-state index contributed by atoms with van der Waals surface area (Å²) in [6, 6.07) is -1.91. The van der Waals surface area contributed by atoms with E-state index in [2.05, 4.69) is 19.2 Å². The number of aliphatic hydroxyl groups is 1. The van der Waals surface area contributed by atoms with Gasteiger partial charge in [-0.3, -0.25) is 14.4 Å². The third kappa shape index (κ3) is 4.28. The predicted molar refractivity (Wildman–Crippen MR) is 120 cm³/mol. The number of nitrogens with zero attached hydrogens (tertiary/aromatic N) is 1. The van der Waals surface area contributed by atoms with Crippen molar-refractivity contribution in [2.75, 3.05) is 6.54 Å². The van der Waals surface area contributed by atoms with Crippen molar-refractivity contribution >= 4 is 17.7 Å². The molecule has 6 atom stereocenters. The molecule has 0 bridgehead atoms. The quantitative estimate of drug-likeness (QED) is 0.437. The molecule has 4 rings (SSSR count). The van der Waals surface area contributed by atoms with Gasteiger partial charge in [-0.2, -0.15) is 0 Å². The first-order chi connectivity index (χ1) is 15.1. The van der Waals surface area contributed by atoms with Gasteiger partial charge in [-0.15, -0.1) is 0 Å². The zero-order chi connectivity index (χ0) is 23.2. The number of likely N-dealkylation sites (tertiary alicyclic amines) is 1. The number of hydrogen-bond acceptors (Lipinski definition) is 5. The molecule has 3 unspecified atom stereocenters. The standard InChI is InChI=1S/C24H40N4O4/c1-24(2)15-12-28(23(32)18(25)14-9-4-3-5-10-14)19(17(15)24)22(31)27-16(20(29)21(26)30)11-13-7-6-8-13/h13-20,29H,3-12,25H2,1-2H3,(H2,26,30)(H,27,31)/t15-,16?,17?,18-,19-,20?/m0/s1. The van der Waals surface area contributed by atoms with Crippen LogP contribution in [0.3, 0.4) is 0 Å². The van der Waals surface area contributed by atoms with Crippen LogP contribution in [-0.4, -0.2) is 58.5 Å². The van der Waals surface area contributed by atoms with Crippen LogP contribution in [-0.2, 0) is 14.4 Å². The van der Waals surface area contributed by atoms with Gasteiger partial charge in [-0.25, -0.2) is 0 Å². The fraction of sp³-hybridized carbons (Fsp3) is 0.875. The first kappa shape index (κ1) is 23.5. The predicted octanol–water partition coefficient (Wildman–Crippen LogP) is 0.898. The number of rotatable bonds is 8. The van der Waals surface area contributed by atoms with Crippen molar-refractivity contribution < 1.29 is 19.5 Å². The number of piperidine rings is 1. The van der Waals surface area contributed by atoms with E-state index >= 15 is 0 Å². The van der Waals surface area contributed by atoms with Crippen molar-refractivity contribution in [3.05, 3.63) is 0 Å². The summed E-state index contributed by atoms with van der Waals surface area (Å²) >= 11 is 0. The van der Waals surface area contributed by atoms with Crippen LogP contribution in [0.25, 0.3) is 0 Å². The molecule has 0 aromatic rings. The van der Waals surface area contributed by atoms with Crippen LogP contribution in [0.4, 0.5) is 0 Å². The normalized spacial score (nSPS) is 32.4. The Balaban J connectivity index is 1.49. The molecule has 6 N–H and O–H groups in total. The van der Waals surface area contributed by atoms with Crippen LogP contribution < -0.4 is 16.8 Å². The number of carbonyl (C=O) groups is 3. The van der Waals surface area contributed by atoms with Crippen molar-refractivity contribution in [3.8, 4) is 0 Å². The van der Waals surface area contributed by atoms with E-state index in [0.29, 0.717) is 18.9 Å². The highest BCUT2D eigenvalue weighted by Gasteiger charge is 2.69. The first-order valence-electron chi connectivity index (χ1n) is 12.5. The van der Waals surface area contributed by atoms with Crippen molar-refractivity contribution in [1.29, 1.82) is 0 Å². The third-order valence-corrected chi connectivity index (χ3v) is 9.02. The summed E-state index contributed by atoms with van der Waals surface area (Å²) in [5.41, 5.74) is 11.8. The van der Waals surface area contributed by atoms with Gasteiger partial charge in [-0.05, 0) is 48.3 Å². The molecule has 8 nitrogen and oxygen atoms in total.